The first-order valence-corrected chi connectivity index (χ1v) is 16.2. The van der Waals surface area contributed by atoms with Gasteiger partial charge >= 0.3 is 0 Å². The van der Waals surface area contributed by atoms with Gasteiger partial charge in [-0.15, -0.1) is 0 Å². The Morgan fingerprint density at radius 1 is 1.11 bits per heavy atom. The van der Waals surface area contributed by atoms with E-state index in [1.165, 1.54) is 11.9 Å². The summed E-state index contributed by atoms with van der Waals surface area (Å²) in [7, 11) is 0. The molecule has 2 aliphatic rings. The molecule has 0 unspecified atom stereocenters. The predicted octanol–water partition coefficient (Wildman–Crippen LogP) is 5.05. The summed E-state index contributed by atoms with van der Waals surface area (Å²) in [5, 5.41) is 23.1. The van der Waals surface area contributed by atoms with E-state index in [1.54, 1.807) is 0 Å². The van der Waals surface area contributed by atoms with Crippen molar-refractivity contribution in [2.24, 2.45) is 5.92 Å². The number of nitrogen functional groups attached to an aromatic ring is 1. The molecule has 238 valence electrons. The molecule has 0 bridgehead atoms. The number of hydrogen-bond acceptors (Lipinski definition) is 8. The lowest BCUT2D eigenvalue weighted by atomic mass is 9.76. The molecular formula is C34H49N7O3. The smallest absolute Gasteiger partial charge is 0.164 e. The van der Waals surface area contributed by atoms with Crippen molar-refractivity contribution in [1.29, 1.82) is 0 Å². The van der Waals surface area contributed by atoms with Gasteiger partial charge in [-0.25, -0.2) is 15.0 Å². The van der Waals surface area contributed by atoms with Crippen LogP contribution in [0.3, 0.4) is 0 Å². The second kappa shape index (κ2) is 11.7. The highest BCUT2D eigenvalue weighted by Crippen LogP contribution is 2.40. The number of imidazole rings is 1. The molecule has 4 atom stereocenters. The maximum atomic E-state index is 11.1. The van der Waals surface area contributed by atoms with Crippen LogP contribution >= 0.6 is 0 Å². The molecular weight excluding hydrogens is 554 g/mol. The van der Waals surface area contributed by atoms with Gasteiger partial charge in [-0.3, -0.25) is 4.90 Å². The molecule has 1 saturated carbocycles. The van der Waals surface area contributed by atoms with Crippen LogP contribution in [0, 0.1) is 5.92 Å². The van der Waals surface area contributed by atoms with Crippen molar-refractivity contribution < 1.29 is 14.9 Å². The van der Waals surface area contributed by atoms with Gasteiger partial charge < -0.3 is 30.2 Å². The van der Waals surface area contributed by atoms with Gasteiger partial charge in [0.05, 0.1) is 16.4 Å². The summed E-state index contributed by atoms with van der Waals surface area (Å²) in [5.74, 6) is 2.28. The lowest BCUT2D eigenvalue weighted by molar-refractivity contribution is -0.0619. The van der Waals surface area contributed by atoms with Gasteiger partial charge in [0.2, 0.25) is 0 Å². The van der Waals surface area contributed by atoms with Crippen molar-refractivity contribution in [3.8, 4) is 0 Å². The molecule has 0 radical (unpaired) electrons. The molecule has 10 nitrogen and oxygen atoms in total. The molecule has 10 heteroatoms. The normalized spacial score (nSPS) is 26.1. The van der Waals surface area contributed by atoms with Crippen molar-refractivity contribution in [1.82, 2.24) is 29.4 Å². The highest BCUT2D eigenvalue weighted by atomic mass is 16.6. The highest BCUT2D eigenvalue weighted by Gasteiger charge is 2.46. The summed E-state index contributed by atoms with van der Waals surface area (Å²) in [5.41, 5.74) is 11.4. The molecule has 3 aromatic heterocycles. The first kappa shape index (κ1) is 31.0. The summed E-state index contributed by atoms with van der Waals surface area (Å²) in [4.78, 5) is 19.5. The van der Waals surface area contributed by atoms with Gasteiger partial charge in [0, 0.05) is 31.2 Å². The number of nitrogens with one attached hydrogen (secondary N) is 1. The fourth-order valence-electron chi connectivity index (χ4n) is 7.06. The average molecular weight is 604 g/mol. The Morgan fingerprint density at radius 2 is 1.86 bits per heavy atom. The summed E-state index contributed by atoms with van der Waals surface area (Å²) >= 11 is 0. The van der Waals surface area contributed by atoms with Crippen LogP contribution in [0.25, 0.3) is 22.1 Å². The number of nitrogens with zero attached hydrogens (tertiary/aromatic N) is 5. The minimum atomic E-state index is -1.08. The molecule has 44 heavy (non-hydrogen) atoms. The monoisotopic (exact) mass is 603 g/mol. The van der Waals surface area contributed by atoms with Crippen LogP contribution in [-0.4, -0.2) is 76.6 Å². The average Bonchev–Trinajstić information content (AvgIpc) is 3.60. The standard InChI is InChI=1S/C34H49N7O3/c1-18(2)23-15-41(32-28(23)31(35)36-17-37-32)33-30(43)29(42)26(44-33)16-40(19(3)4)22-12-20(13-22)8-11-27-38-24-10-9-21(34(5,6)7)14-25(24)39-27/h9-10,14-15,17-20,22,26,29-30,33,42-43H,8,11-13,16H2,1-7H3,(H,38,39)(H2,35,36,37)/t20-,22-,26-,29-,30-,33-/m1/s1. The maximum Gasteiger partial charge on any atom is 0.164 e. The zero-order valence-electron chi connectivity index (χ0n) is 27.2. The second-order valence-corrected chi connectivity index (χ2v) is 14.6. The zero-order chi connectivity index (χ0) is 31.5. The largest absolute Gasteiger partial charge is 0.387 e. The SMILES string of the molecule is CC(C)c1cn([C@@H]2O[C@H](CN(C(C)C)[C@H]3C[C@H](CCc4nc5cc(C(C)(C)C)ccc5[nH]4)C3)[C@@H](O)[C@H]2O)c2ncnc(N)c12. The minimum Gasteiger partial charge on any atom is -0.387 e. The molecule has 4 aromatic rings. The quantitative estimate of drug-likeness (QED) is 0.209. The van der Waals surface area contributed by atoms with E-state index in [1.807, 2.05) is 10.8 Å². The van der Waals surface area contributed by atoms with Crippen LogP contribution in [0.5, 0.6) is 0 Å². The Morgan fingerprint density at radius 3 is 2.55 bits per heavy atom. The second-order valence-electron chi connectivity index (χ2n) is 14.6. The van der Waals surface area contributed by atoms with Crippen molar-refractivity contribution >= 4 is 27.9 Å². The van der Waals surface area contributed by atoms with Gasteiger partial charge in [-0.2, -0.15) is 0 Å². The van der Waals surface area contributed by atoms with Crippen LogP contribution < -0.4 is 5.73 Å². The zero-order valence-corrected chi connectivity index (χ0v) is 27.2. The van der Waals surface area contributed by atoms with E-state index in [2.05, 4.69) is 86.5 Å². The lowest BCUT2D eigenvalue weighted by Crippen LogP contribution is -2.52. The van der Waals surface area contributed by atoms with Gasteiger partial charge in [0.1, 0.15) is 41.9 Å². The Kier molecular flexibility index (Phi) is 8.24. The number of rotatable bonds is 9. The number of benzene rings is 1. The number of anilines is 1. The number of aliphatic hydroxyl groups is 2. The van der Waals surface area contributed by atoms with E-state index >= 15 is 0 Å². The fraction of sp³-hybridized carbons (Fsp3) is 0.618. The van der Waals surface area contributed by atoms with Crippen LogP contribution in [0.2, 0.25) is 0 Å². The van der Waals surface area contributed by atoms with E-state index in [9.17, 15) is 10.2 Å². The molecule has 1 aliphatic carbocycles. The highest BCUT2D eigenvalue weighted by molar-refractivity contribution is 5.90. The number of aliphatic hydroxyl groups excluding tert-OH is 2. The summed E-state index contributed by atoms with van der Waals surface area (Å²) in [6.07, 6.45) is 4.24. The van der Waals surface area contributed by atoms with Gasteiger partial charge in [-0.05, 0) is 73.6 Å². The van der Waals surface area contributed by atoms with Crippen molar-refractivity contribution in [3.05, 3.63) is 47.7 Å². The molecule has 1 aliphatic heterocycles. The maximum absolute atomic E-state index is 11.1. The third-order valence-corrected chi connectivity index (χ3v) is 9.82. The third-order valence-electron chi connectivity index (χ3n) is 9.82. The number of H-pyrrole nitrogens is 1. The molecule has 1 aromatic carbocycles. The van der Waals surface area contributed by atoms with Crippen molar-refractivity contribution in [2.75, 3.05) is 12.3 Å². The van der Waals surface area contributed by atoms with Crippen LogP contribution in [0.4, 0.5) is 5.82 Å². The first-order chi connectivity index (χ1) is 20.8. The van der Waals surface area contributed by atoms with Crippen LogP contribution in [-0.2, 0) is 16.6 Å². The molecule has 0 amide bonds. The number of aromatic nitrogens is 5. The number of aryl methyl sites for hydroxylation is 1. The lowest BCUT2D eigenvalue weighted by Gasteiger charge is -2.46. The predicted molar refractivity (Wildman–Crippen MR) is 173 cm³/mol. The van der Waals surface area contributed by atoms with Crippen LogP contribution in [0.1, 0.15) is 96.8 Å². The van der Waals surface area contributed by atoms with Gasteiger partial charge in [0.25, 0.3) is 0 Å². The summed E-state index contributed by atoms with van der Waals surface area (Å²) < 4.78 is 8.23. The number of fused-ring (bicyclic) bond motifs is 2. The molecule has 6 rings (SSSR count). The Bertz CT molecular complexity index is 1610. The van der Waals surface area contributed by atoms with E-state index in [0.29, 0.717) is 30.0 Å². The number of hydrogen-bond donors (Lipinski definition) is 4. The Balaban J connectivity index is 1.08. The number of ether oxygens (including phenoxy) is 1. The Labute approximate surface area is 260 Å². The molecule has 4 heterocycles. The molecule has 5 N–H and O–H groups in total. The van der Waals surface area contributed by atoms with E-state index in [0.717, 1.165) is 53.5 Å². The van der Waals surface area contributed by atoms with Gasteiger partial charge in [0.15, 0.2) is 6.23 Å². The van der Waals surface area contributed by atoms with Gasteiger partial charge in [-0.1, -0.05) is 40.7 Å². The van der Waals surface area contributed by atoms with Crippen molar-refractivity contribution in [3.63, 3.8) is 0 Å². The summed E-state index contributed by atoms with van der Waals surface area (Å²) in [6, 6.07) is 7.26. The molecule has 1 saturated heterocycles. The van der Waals surface area contributed by atoms with E-state index in [4.69, 9.17) is 15.5 Å². The molecule has 2 fully saturated rings. The van der Waals surface area contributed by atoms with Crippen LogP contribution in [0.15, 0.2) is 30.7 Å². The number of aromatic amines is 1. The number of nitrogens with two attached hydrogens (primary N) is 1. The summed E-state index contributed by atoms with van der Waals surface area (Å²) in [6.45, 7) is 15.8. The fourth-order valence-corrected chi connectivity index (χ4v) is 7.06. The molecule has 0 spiro atoms. The van der Waals surface area contributed by atoms with E-state index in [-0.39, 0.29) is 17.4 Å². The Hall–Kier alpha value is -3.05. The third kappa shape index (κ3) is 5.73. The first-order valence-electron chi connectivity index (χ1n) is 16.2. The minimum absolute atomic E-state index is 0.104. The van der Waals surface area contributed by atoms with Crippen molar-refractivity contribution in [2.45, 2.75) is 122 Å². The van der Waals surface area contributed by atoms with E-state index < -0.39 is 24.5 Å². The topological polar surface area (TPSA) is 138 Å².